The van der Waals surface area contributed by atoms with Crippen molar-refractivity contribution in [1.82, 2.24) is 0 Å². The highest BCUT2D eigenvalue weighted by atomic mass is 32.1. The molecule has 0 heterocycles. The first-order chi connectivity index (χ1) is 17.3. The lowest BCUT2D eigenvalue weighted by atomic mass is 9.93. The van der Waals surface area contributed by atoms with Crippen molar-refractivity contribution in [3.05, 3.63) is 0 Å². The molecular weight excluding hydrogens is 572 g/mol. The number of carboxylic acid groups (broad SMARTS) is 4. The molecule has 0 bridgehead atoms. The Labute approximate surface area is 240 Å². The van der Waals surface area contributed by atoms with Crippen molar-refractivity contribution < 1.29 is 60.0 Å². The molecule has 0 aliphatic heterocycles. The van der Waals surface area contributed by atoms with Crippen LogP contribution in [0.15, 0.2) is 0 Å². The number of thiol groups is 4. The third-order valence-electron chi connectivity index (χ3n) is 3.54. The van der Waals surface area contributed by atoms with Gasteiger partial charge in [0.2, 0.25) is 0 Å². The van der Waals surface area contributed by atoms with E-state index in [-0.39, 0.29) is 25.7 Å². The molecule has 0 aromatic heterocycles. The maximum Gasteiger partial charge on any atom is 0.303 e. The van der Waals surface area contributed by atoms with Crippen molar-refractivity contribution in [2.24, 2.45) is 5.41 Å². The van der Waals surface area contributed by atoms with Gasteiger partial charge in [0.05, 0.1) is 31.8 Å². The monoisotopic (exact) mass is 616 g/mol. The average Bonchev–Trinajstić information content (AvgIpc) is 2.86. The fraction of sp³-hybridized carbons (Fsp3) is 0.810. The number of hydrogen-bond acceptors (Lipinski definition) is 12. The molecule has 0 aliphatic carbocycles. The summed E-state index contributed by atoms with van der Waals surface area (Å²) in [6.45, 7) is -1.62. The van der Waals surface area contributed by atoms with Gasteiger partial charge in [-0.2, -0.15) is 50.5 Å². The standard InChI is InChI=1S/C5H12O4.4C4H8O2S/c6-1-5(2-7,3-8)4-9;4*5-4(6)2-1-3-7/h6-9H,1-4H2;4*7H,1-3H2,(H,5,6). The minimum Gasteiger partial charge on any atom is -0.481 e. The van der Waals surface area contributed by atoms with Crippen LogP contribution in [-0.2, 0) is 19.2 Å². The van der Waals surface area contributed by atoms with E-state index in [9.17, 15) is 19.2 Å². The summed E-state index contributed by atoms with van der Waals surface area (Å²) in [5.41, 5.74) is -1.11. The van der Waals surface area contributed by atoms with Gasteiger partial charge in [-0.1, -0.05) is 0 Å². The van der Waals surface area contributed by atoms with Gasteiger partial charge >= 0.3 is 23.9 Å². The summed E-state index contributed by atoms with van der Waals surface area (Å²) in [5.74, 6) is -0.330. The SMILES string of the molecule is O=C(O)CCCS.O=C(O)CCCS.O=C(O)CCCS.O=C(O)CCCS.OCC(CO)(CO)CO. The van der Waals surface area contributed by atoms with Crippen molar-refractivity contribution in [1.29, 1.82) is 0 Å². The molecule has 0 saturated heterocycles. The van der Waals surface area contributed by atoms with Gasteiger partial charge in [-0.15, -0.1) is 0 Å². The largest absolute Gasteiger partial charge is 0.481 e. The second-order valence-corrected chi connectivity index (χ2v) is 8.80. The number of aliphatic carboxylic acids is 4. The third kappa shape index (κ3) is 52.4. The van der Waals surface area contributed by atoms with Gasteiger partial charge in [-0.05, 0) is 48.7 Å². The molecule has 0 aromatic carbocycles. The van der Waals surface area contributed by atoms with Gasteiger partial charge < -0.3 is 40.9 Å². The number of aliphatic hydroxyl groups is 4. The number of rotatable bonds is 16. The molecule has 0 spiro atoms. The van der Waals surface area contributed by atoms with E-state index in [1.807, 2.05) is 0 Å². The van der Waals surface area contributed by atoms with Gasteiger partial charge in [0.15, 0.2) is 0 Å². The van der Waals surface area contributed by atoms with Crippen LogP contribution in [0.3, 0.4) is 0 Å². The lowest BCUT2D eigenvalue weighted by Crippen LogP contribution is -2.37. The van der Waals surface area contributed by atoms with Crippen LogP contribution in [0.25, 0.3) is 0 Å². The Hall–Kier alpha value is -0.880. The summed E-state index contributed by atoms with van der Waals surface area (Å²) >= 11 is 15.3. The molecule has 0 aromatic rings. The molecule has 0 amide bonds. The van der Waals surface area contributed by atoms with Crippen molar-refractivity contribution >= 4 is 74.4 Å². The summed E-state index contributed by atoms with van der Waals surface area (Å²) in [7, 11) is 0. The molecule has 16 heteroatoms. The first-order valence-corrected chi connectivity index (χ1v) is 13.6. The van der Waals surface area contributed by atoms with Crippen molar-refractivity contribution in [2.45, 2.75) is 51.4 Å². The number of aliphatic hydroxyl groups excluding tert-OH is 4. The van der Waals surface area contributed by atoms with Crippen LogP contribution < -0.4 is 0 Å². The Morgan fingerprint density at radius 1 is 0.432 bits per heavy atom. The molecular formula is C21H44O12S4. The van der Waals surface area contributed by atoms with Crippen LogP contribution in [0.2, 0.25) is 0 Å². The number of carbonyl (C=O) groups is 4. The third-order valence-corrected chi connectivity index (χ3v) is 4.80. The van der Waals surface area contributed by atoms with E-state index < -0.39 is 55.7 Å². The van der Waals surface area contributed by atoms with Crippen LogP contribution >= 0.6 is 50.5 Å². The van der Waals surface area contributed by atoms with Crippen molar-refractivity contribution in [2.75, 3.05) is 49.4 Å². The molecule has 224 valence electrons. The molecule has 8 N–H and O–H groups in total. The van der Waals surface area contributed by atoms with E-state index in [1.165, 1.54) is 0 Å². The lowest BCUT2D eigenvalue weighted by molar-refractivity contribution is -0.138. The molecule has 0 radical (unpaired) electrons. The number of hydrogen-bond donors (Lipinski definition) is 12. The number of carboxylic acids is 4. The Kier molecular flexibility index (Phi) is 46.3. The fourth-order valence-electron chi connectivity index (χ4n) is 1.22. The molecule has 0 unspecified atom stereocenters. The van der Waals surface area contributed by atoms with E-state index in [4.69, 9.17) is 40.9 Å². The zero-order chi connectivity index (χ0) is 30.1. The summed E-state index contributed by atoms with van der Waals surface area (Å²) in [5, 5.41) is 66.0. The molecule has 37 heavy (non-hydrogen) atoms. The Morgan fingerprint density at radius 2 is 0.595 bits per heavy atom. The van der Waals surface area contributed by atoms with Crippen LogP contribution in [0, 0.1) is 5.41 Å². The molecule has 12 nitrogen and oxygen atoms in total. The molecule has 0 saturated carbocycles. The van der Waals surface area contributed by atoms with E-state index in [0.29, 0.717) is 48.7 Å². The highest BCUT2D eigenvalue weighted by Crippen LogP contribution is 2.11. The van der Waals surface area contributed by atoms with E-state index in [2.05, 4.69) is 50.5 Å². The maximum absolute atomic E-state index is 9.72. The van der Waals surface area contributed by atoms with Gasteiger partial charge in [-0.3, -0.25) is 19.2 Å². The first kappa shape index (κ1) is 46.0. The van der Waals surface area contributed by atoms with E-state index in [1.54, 1.807) is 0 Å². The Balaban J connectivity index is -0.000000116. The summed E-state index contributed by atoms with van der Waals surface area (Å²) in [6.07, 6.45) is 3.62. The minimum atomic E-state index is -1.11. The second-order valence-electron chi connectivity index (χ2n) is 7.02. The topological polar surface area (TPSA) is 230 Å². The minimum absolute atomic E-state index is 0.240. The fourth-order valence-corrected chi connectivity index (χ4v) is 1.85. The maximum atomic E-state index is 9.72. The quantitative estimate of drug-likeness (QED) is 0.109. The van der Waals surface area contributed by atoms with E-state index in [0.717, 1.165) is 0 Å². The Morgan fingerprint density at radius 3 is 0.622 bits per heavy atom. The predicted molar refractivity (Wildman–Crippen MR) is 154 cm³/mol. The molecule has 0 atom stereocenters. The molecule has 0 aliphatic rings. The highest BCUT2D eigenvalue weighted by molar-refractivity contribution is 7.80. The zero-order valence-corrected chi connectivity index (χ0v) is 24.4. The van der Waals surface area contributed by atoms with Gasteiger partial charge in [0.1, 0.15) is 0 Å². The van der Waals surface area contributed by atoms with Gasteiger partial charge in [0, 0.05) is 25.7 Å². The van der Waals surface area contributed by atoms with Crippen molar-refractivity contribution in [3.63, 3.8) is 0 Å². The smallest absolute Gasteiger partial charge is 0.303 e. The van der Waals surface area contributed by atoms with Crippen molar-refractivity contribution in [3.8, 4) is 0 Å². The average molecular weight is 617 g/mol. The van der Waals surface area contributed by atoms with Crippen LogP contribution in [0.5, 0.6) is 0 Å². The van der Waals surface area contributed by atoms with Crippen LogP contribution in [0.1, 0.15) is 51.4 Å². The summed E-state index contributed by atoms with van der Waals surface area (Å²) < 4.78 is 0. The van der Waals surface area contributed by atoms with Gasteiger partial charge in [0.25, 0.3) is 0 Å². The lowest BCUT2D eigenvalue weighted by Gasteiger charge is -2.23. The zero-order valence-electron chi connectivity index (χ0n) is 20.8. The van der Waals surface area contributed by atoms with Crippen LogP contribution in [0.4, 0.5) is 0 Å². The molecule has 0 fully saturated rings. The Bertz CT molecular complexity index is 446. The van der Waals surface area contributed by atoms with Gasteiger partial charge in [-0.25, -0.2) is 0 Å². The summed E-state index contributed by atoms with van der Waals surface area (Å²) in [4.78, 5) is 38.9. The summed E-state index contributed by atoms with van der Waals surface area (Å²) in [6, 6.07) is 0. The molecule has 0 rings (SSSR count). The normalized spacial score (nSPS) is 9.51. The van der Waals surface area contributed by atoms with Crippen LogP contribution in [-0.4, -0.2) is 114 Å². The predicted octanol–water partition coefficient (Wildman–Crippen LogP) is 1.07. The highest BCUT2D eigenvalue weighted by Gasteiger charge is 2.26. The van der Waals surface area contributed by atoms with E-state index >= 15 is 0 Å². The first-order valence-electron chi connectivity index (χ1n) is 11.1. The second kappa shape index (κ2) is 37.3.